The zero-order valence-corrected chi connectivity index (χ0v) is 8.36. The fraction of sp³-hybridized carbons (Fsp3) is 0.182. The Morgan fingerprint density at radius 3 is 2.71 bits per heavy atom. The lowest BCUT2D eigenvalue weighted by Crippen LogP contribution is -2.09. The highest BCUT2D eigenvalue weighted by Gasteiger charge is 2.05. The minimum Gasteiger partial charge on any atom is -0.397 e. The van der Waals surface area contributed by atoms with Gasteiger partial charge in [-0.25, -0.2) is 0 Å². The van der Waals surface area contributed by atoms with Gasteiger partial charge in [-0.05, 0) is 24.3 Å². The molecular formula is C11H13N3. The number of benzene rings is 1. The Bertz CT molecular complexity index is 463. The second-order valence-corrected chi connectivity index (χ2v) is 3.47. The second-order valence-electron chi connectivity index (χ2n) is 3.47. The molecule has 14 heavy (non-hydrogen) atoms. The van der Waals surface area contributed by atoms with E-state index < -0.39 is 0 Å². The molecule has 0 aliphatic rings. The highest BCUT2D eigenvalue weighted by molar-refractivity contribution is 5.98. The minimum absolute atomic E-state index is 0.728. The molecule has 2 N–H and O–H groups in total. The molecule has 0 radical (unpaired) electrons. The van der Waals surface area contributed by atoms with Gasteiger partial charge in [-0.2, -0.15) is 0 Å². The van der Waals surface area contributed by atoms with Crippen LogP contribution in [-0.2, 0) is 0 Å². The summed E-state index contributed by atoms with van der Waals surface area (Å²) in [7, 11) is 4.02. The first-order valence-corrected chi connectivity index (χ1v) is 4.50. The number of rotatable bonds is 1. The van der Waals surface area contributed by atoms with E-state index in [0.717, 1.165) is 22.3 Å². The number of fused-ring (bicyclic) bond motifs is 1. The Balaban J connectivity index is 2.82. The summed E-state index contributed by atoms with van der Waals surface area (Å²) in [5.74, 6) is 0. The van der Waals surface area contributed by atoms with Gasteiger partial charge in [0.2, 0.25) is 0 Å². The van der Waals surface area contributed by atoms with Crippen LogP contribution in [0.1, 0.15) is 0 Å². The van der Waals surface area contributed by atoms with Gasteiger partial charge in [-0.15, -0.1) is 0 Å². The summed E-state index contributed by atoms with van der Waals surface area (Å²) in [6.45, 7) is 0. The van der Waals surface area contributed by atoms with Gasteiger partial charge in [0.1, 0.15) is 0 Å². The van der Waals surface area contributed by atoms with E-state index in [1.165, 1.54) is 0 Å². The SMILES string of the molecule is CN(C)c1ccc(N)c2ncccc12. The second kappa shape index (κ2) is 3.18. The summed E-state index contributed by atoms with van der Waals surface area (Å²) >= 11 is 0. The summed E-state index contributed by atoms with van der Waals surface area (Å²) in [5, 5.41) is 1.09. The monoisotopic (exact) mass is 187 g/mol. The molecule has 0 aliphatic heterocycles. The molecule has 0 aliphatic carbocycles. The maximum atomic E-state index is 5.84. The summed E-state index contributed by atoms with van der Waals surface area (Å²) in [6.07, 6.45) is 1.76. The van der Waals surface area contributed by atoms with Gasteiger partial charge in [0, 0.05) is 31.4 Å². The molecule has 72 valence electrons. The molecule has 0 atom stereocenters. The highest BCUT2D eigenvalue weighted by atomic mass is 15.1. The Hall–Kier alpha value is -1.77. The van der Waals surface area contributed by atoms with E-state index in [1.807, 2.05) is 38.4 Å². The number of hydrogen-bond donors (Lipinski definition) is 1. The van der Waals surface area contributed by atoms with Gasteiger partial charge in [0.05, 0.1) is 11.2 Å². The third-order valence-electron chi connectivity index (χ3n) is 2.26. The molecule has 0 spiro atoms. The van der Waals surface area contributed by atoms with Gasteiger partial charge in [-0.3, -0.25) is 4.98 Å². The topological polar surface area (TPSA) is 42.1 Å². The van der Waals surface area contributed by atoms with E-state index in [0.29, 0.717) is 0 Å². The van der Waals surface area contributed by atoms with Crippen molar-refractivity contribution in [2.45, 2.75) is 0 Å². The van der Waals surface area contributed by atoms with Crippen molar-refractivity contribution in [3.8, 4) is 0 Å². The van der Waals surface area contributed by atoms with Gasteiger partial charge in [0.25, 0.3) is 0 Å². The van der Waals surface area contributed by atoms with Crippen LogP contribution in [0.3, 0.4) is 0 Å². The molecule has 3 nitrogen and oxygen atoms in total. The average molecular weight is 187 g/mol. The van der Waals surface area contributed by atoms with Crippen LogP contribution in [-0.4, -0.2) is 19.1 Å². The molecule has 0 saturated heterocycles. The van der Waals surface area contributed by atoms with Crippen molar-refractivity contribution in [3.05, 3.63) is 30.5 Å². The van der Waals surface area contributed by atoms with Crippen LogP contribution < -0.4 is 10.6 Å². The molecule has 2 aromatic rings. The smallest absolute Gasteiger partial charge is 0.0951 e. The Morgan fingerprint density at radius 2 is 2.00 bits per heavy atom. The average Bonchev–Trinajstić information content (AvgIpc) is 2.18. The Labute approximate surface area is 83.2 Å². The summed E-state index contributed by atoms with van der Waals surface area (Å²) in [5.41, 5.74) is 8.59. The first-order chi connectivity index (χ1) is 6.70. The largest absolute Gasteiger partial charge is 0.397 e. The molecule has 1 aromatic heterocycles. The fourth-order valence-corrected chi connectivity index (χ4v) is 1.57. The molecular weight excluding hydrogens is 174 g/mol. The minimum atomic E-state index is 0.728. The van der Waals surface area contributed by atoms with Gasteiger partial charge in [0.15, 0.2) is 0 Å². The number of anilines is 2. The predicted octanol–water partition coefficient (Wildman–Crippen LogP) is 1.88. The van der Waals surface area contributed by atoms with E-state index >= 15 is 0 Å². The zero-order valence-electron chi connectivity index (χ0n) is 8.36. The summed E-state index contributed by atoms with van der Waals surface area (Å²) < 4.78 is 0. The van der Waals surface area contributed by atoms with Crippen molar-refractivity contribution in [1.82, 2.24) is 4.98 Å². The summed E-state index contributed by atoms with van der Waals surface area (Å²) in [6, 6.07) is 7.87. The van der Waals surface area contributed by atoms with Crippen LogP contribution in [0.2, 0.25) is 0 Å². The fourth-order valence-electron chi connectivity index (χ4n) is 1.57. The van der Waals surface area contributed by atoms with Crippen molar-refractivity contribution in [1.29, 1.82) is 0 Å². The normalized spacial score (nSPS) is 10.4. The maximum Gasteiger partial charge on any atom is 0.0951 e. The van der Waals surface area contributed by atoms with E-state index in [1.54, 1.807) is 6.20 Å². The van der Waals surface area contributed by atoms with E-state index in [9.17, 15) is 0 Å². The molecule has 0 saturated carbocycles. The van der Waals surface area contributed by atoms with Crippen molar-refractivity contribution in [2.24, 2.45) is 0 Å². The number of pyridine rings is 1. The van der Waals surface area contributed by atoms with Crippen molar-refractivity contribution in [3.63, 3.8) is 0 Å². The first-order valence-electron chi connectivity index (χ1n) is 4.50. The number of aromatic nitrogens is 1. The van der Waals surface area contributed by atoms with Gasteiger partial charge in [-0.1, -0.05) is 0 Å². The highest BCUT2D eigenvalue weighted by Crippen LogP contribution is 2.27. The van der Waals surface area contributed by atoms with Crippen LogP contribution in [0, 0.1) is 0 Å². The Kier molecular flexibility index (Phi) is 2.00. The third-order valence-corrected chi connectivity index (χ3v) is 2.26. The van der Waals surface area contributed by atoms with E-state index in [-0.39, 0.29) is 0 Å². The number of hydrogen-bond acceptors (Lipinski definition) is 3. The molecule has 0 unspecified atom stereocenters. The van der Waals surface area contributed by atoms with Crippen molar-refractivity contribution >= 4 is 22.3 Å². The lowest BCUT2D eigenvalue weighted by Gasteiger charge is -2.15. The van der Waals surface area contributed by atoms with Crippen LogP contribution in [0.15, 0.2) is 30.5 Å². The van der Waals surface area contributed by atoms with Crippen molar-refractivity contribution in [2.75, 3.05) is 24.7 Å². The van der Waals surface area contributed by atoms with Crippen LogP contribution in [0.5, 0.6) is 0 Å². The predicted molar refractivity (Wildman–Crippen MR) is 60.5 cm³/mol. The third kappa shape index (κ3) is 1.27. The Morgan fingerprint density at radius 1 is 1.21 bits per heavy atom. The first kappa shape index (κ1) is 8.81. The number of nitrogens with two attached hydrogens (primary N) is 1. The molecule has 1 heterocycles. The molecule has 1 aromatic carbocycles. The molecule has 0 fully saturated rings. The molecule has 2 rings (SSSR count). The van der Waals surface area contributed by atoms with E-state index in [2.05, 4.69) is 9.88 Å². The van der Waals surface area contributed by atoms with Crippen LogP contribution >= 0.6 is 0 Å². The molecule has 0 bridgehead atoms. The van der Waals surface area contributed by atoms with Crippen LogP contribution in [0.4, 0.5) is 11.4 Å². The zero-order chi connectivity index (χ0) is 10.1. The van der Waals surface area contributed by atoms with Gasteiger partial charge >= 0.3 is 0 Å². The quantitative estimate of drug-likeness (QED) is 0.693. The lowest BCUT2D eigenvalue weighted by atomic mass is 10.1. The summed E-state index contributed by atoms with van der Waals surface area (Å²) in [4.78, 5) is 6.33. The number of nitrogens with zero attached hydrogens (tertiary/aromatic N) is 2. The standard InChI is InChI=1S/C11H13N3/c1-14(2)10-6-5-9(12)11-8(10)4-3-7-13-11/h3-7H,12H2,1-2H3. The van der Waals surface area contributed by atoms with Crippen molar-refractivity contribution < 1.29 is 0 Å². The maximum absolute atomic E-state index is 5.84. The lowest BCUT2D eigenvalue weighted by molar-refractivity contribution is 1.14. The molecule has 0 amide bonds. The van der Waals surface area contributed by atoms with Gasteiger partial charge < -0.3 is 10.6 Å². The molecule has 3 heteroatoms. The number of nitrogen functional groups attached to an aromatic ring is 1. The van der Waals surface area contributed by atoms with E-state index in [4.69, 9.17) is 5.73 Å². The van der Waals surface area contributed by atoms with Crippen LogP contribution in [0.25, 0.3) is 10.9 Å².